The molecule has 0 amide bonds. The van der Waals surface area contributed by atoms with E-state index in [1.807, 2.05) is 0 Å². The van der Waals surface area contributed by atoms with Gasteiger partial charge in [0.05, 0.1) is 0 Å². The number of ether oxygens (including phenoxy) is 1. The molecule has 1 aliphatic heterocycles. The lowest BCUT2D eigenvalue weighted by Crippen LogP contribution is -2.43. The minimum atomic E-state index is -0.0834. The molecule has 1 fully saturated rings. The summed E-state index contributed by atoms with van der Waals surface area (Å²) in [6, 6.07) is 6.57. The van der Waals surface area contributed by atoms with E-state index in [9.17, 15) is 0 Å². The van der Waals surface area contributed by atoms with E-state index >= 15 is 0 Å². The number of rotatable bonds is 1. The molecule has 1 aromatic carbocycles. The van der Waals surface area contributed by atoms with Gasteiger partial charge in [0.15, 0.2) is 0 Å². The monoisotopic (exact) mass is 231 g/mol. The van der Waals surface area contributed by atoms with Crippen LogP contribution in [0.1, 0.15) is 50.7 Å². The number of hydrogen-bond acceptors (Lipinski definition) is 2. The third-order valence-corrected chi connectivity index (χ3v) is 4.27. The highest BCUT2D eigenvalue weighted by molar-refractivity contribution is 5.42. The van der Waals surface area contributed by atoms with Crippen molar-refractivity contribution in [3.8, 4) is 5.75 Å². The normalized spacial score (nSPS) is 24.4. The summed E-state index contributed by atoms with van der Waals surface area (Å²) in [4.78, 5) is 0. The summed E-state index contributed by atoms with van der Waals surface area (Å²) < 4.78 is 6.07. The van der Waals surface area contributed by atoms with Crippen molar-refractivity contribution in [2.45, 2.75) is 57.1 Å². The van der Waals surface area contributed by atoms with Gasteiger partial charge in [-0.2, -0.15) is 0 Å². The summed E-state index contributed by atoms with van der Waals surface area (Å²) in [5.74, 6) is 1.05. The molecular weight excluding hydrogens is 210 g/mol. The van der Waals surface area contributed by atoms with Gasteiger partial charge >= 0.3 is 0 Å². The average Bonchev–Trinajstić information content (AvgIpc) is 2.23. The maximum atomic E-state index is 6.37. The first-order valence-corrected chi connectivity index (χ1v) is 6.60. The Balaban J connectivity index is 1.95. The molecule has 2 aliphatic rings. The maximum absolute atomic E-state index is 6.37. The van der Waals surface area contributed by atoms with Gasteiger partial charge in [-0.3, -0.25) is 0 Å². The van der Waals surface area contributed by atoms with E-state index in [0.29, 0.717) is 0 Å². The number of fused-ring (bicyclic) bond motifs is 1. The molecule has 1 aromatic rings. The van der Waals surface area contributed by atoms with Crippen molar-refractivity contribution >= 4 is 0 Å². The van der Waals surface area contributed by atoms with Gasteiger partial charge in [0.2, 0.25) is 0 Å². The van der Waals surface area contributed by atoms with Gasteiger partial charge < -0.3 is 10.5 Å². The summed E-state index contributed by atoms with van der Waals surface area (Å²) in [7, 11) is 0. The van der Waals surface area contributed by atoms with Crippen LogP contribution in [-0.4, -0.2) is 5.60 Å². The summed E-state index contributed by atoms with van der Waals surface area (Å²) in [5.41, 5.74) is 8.83. The lowest BCUT2D eigenvalue weighted by atomic mass is 9.72. The van der Waals surface area contributed by atoms with Crippen molar-refractivity contribution in [1.82, 2.24) is 0 Å². The lowest BCUT2D eigenvalue weighted by molar-refractivity contribution is 0.0841. The molecule has 2 N–H and O–H groups in total. The Hall–Kier alpha value is -1.02. The van der Waals surface area contributed by atoms with E-state index in [1.165, 1.54) is 17.5 Å². The summed E-state index contributed by atoms with van der Waals surface area (Å²) in [6.07, 6.45) is 5.66. The minimum Gasteiger partial charge on any atom is -0.488 e. The second kappa shape index (κ2) is 3.49. The largest absolute Gasteiger partial charge is 0.488 e. The Kier molecular flexibility index (Phi) is 2.27. The fourth-order valence-corrected chi connectivity index (χ4v) is 2.80. The summed E-state index contributed by atoms with van der Waals surface area (Å²) >= 11 is 0. The van der Waals surface area contributed by atoms with Crippen molar-refractivity contribution in [3.63, 3.8) is 0 Å². The van der Waals surface area contributed by atoms with Gasteiger partial charge in [-0.05, 0) is 63.1 Å². The molecule has 0 unspecified atom stereocenters. The molecule has 0 radical (unpaired) electrons. The molecule has 0 saturated heterocycles. The fourth-order valence-electron chi connectivity index (χ4n) is 2.80. The molecular formula is C15H21NO. The van der Waals surface area contributed by atoms with Crippen LogP contribution in [-0.2, 0) is 12.0 Å². The standard InChI is InChI=1S/C15H21NO/c1-14(2)9-6-11-4-5-12(10-13(11)17-14)15(16)7-3-8-15/h4-5,10H,3,6-9,16H2,1-2H3. The number of aryl methyl sites for hydroxylation is 1. The van der Waals surface area contributed by atoms with Crippen molar-refractivity contribution < 1.29 is 4.74 Å². The molecule has 3 rings (SSSR count). The summed E-state index contributed by atoms with van der Waals surface area (Å²) in [6.45, 7) is 4.31. The molecule has 17 heavy (non-hydrogen) atoms. The zero-order chi connectivity index (χ0) is 12.1. The Morgan fingerprint density at radius 2 is 1.94 bits per heavy atom. The second-order valence-electron chi connectivity index (χ2n) is 6.19. The first kappa shape index (κ1) is 11.1. The van der Waals surface area contributed by atoms with Crippen LogP contribution < -0.4 is 10.5 Å². The van der Waals surface area contributed by atoms with Gasteiger partial charge in [-0.1, -0.05) is 12.1 Å². The zero-order valence-corrected chi connectivity index (χ0v) is 10.8. The fraction of sp³-hybridized carbons (Fsp3) is 0.600. The quantitative estimate of drug-likeness (QED) is 0.806. The smallest absolute Gasteiger partial charge is 0.123 e. The average molecular weight is 231 g/mol. The van der Waals surface area contributed by atoms with E-state index in [4.69, 9.17) is 10.5 Å². The molecule has 2 heteroatoms. The number of benzene rings is 1. The van der Waals surface area contributed by atoms with Crippen LogP contribution in [0.15, 0.2) is 18.2 Å². The van der Waals surface area contributed by atoms with E-state index in [2.05, 4.69) is 32.0 Å². The SMILES string of the molecule is CC1(C)CCc2ccc(C3(N)CCC3)cc2O1. The highest BCUT2D eigenvalue weighted by Crippen LogP contribution is 2.42. The van der Waals surface area contributed by atoms with Crippen LogP contribution >= 0.6 is 0 Å². The van der Waals surface area contributed by atoms with Crippen LogP contribution in [0, 0.1) is 0 Å². The van der Waals surface area contributed by atoms with Crippen molar-refractivity contribution in [2.75, 3.05) is 0 Å². The lowest BCUT2D eigenvalue weighted by Gasteiger charge is -2.40. The van der Waals surface area contributed by atoms with E-state index in [1.54, 1.807) is 0 Å². The third kappa shape index (κ3) is 1.85. The van der Waals surface area contributed by atoms with Crippen LogP contribution in [0.5, 0.6) is 5.75 Å². The predicted octanol–water partition coefficient (Wildman–Crippen LogP) is 3.13. The van der Waals surface area contributed by atoms with Gasteiger partial charge in [0, 0.05) is 5.54 Å². The van der Waals surface area contributed by atoms with E-state index in [-0.39, 0.29) is 11.1 Å². The molecule has 0 bridgehead atoms. The van der Waals surface area contributed by atoms with E-state index in [0.717, 1.165) is 31.4 Å². The Labute approximate surface area is 103 Å². The Bertz CT molecular complexity index is 446. The maximum Gasteiger partial charge on any atom is 0.123 e. The van der Waals surface area contributed by atoms with Crippen LogP contribution in [0.3, 0.4) is 0 Å². The summed E-state index contributed by atoms with van der Waals surface area (Å²) in [5, 5.41) is 0. The van der Waals surface area contributed by atoms with Gasteiger partial charge in [0.1, 0.15) is 11.4 Å². The molecule has 92 valence electrons. The molecule has 0 spiro atoms. The molecule has 2 nitrogen and oxygen atoms in total. The van der Waals surface area contributed by atoms with Crippen molar-refractivity contribution in [2.24, 2.45) is 5.73 Å². The molecule has 0 atom stereocenters. The molecule has 1 aliphatic carbocycles. The van der Waals surface area contributed by atoms with Crippen molar-refractivity contribution in [3.05, 3.63) is 29.3 Å². The molecule has 1 heterocycles. The predicted molar refractivity (Wildman–Crippen MR) is 69.2 cm³/mol. The Morgan fingerprint density at radius 1 is 1.18 bits per heavy atom. The number of nitrogens with two attached hydrogens (primary N) is 1. The first-order chi connectivity index (χ1) is 7.99. The van der Waals surface area contributed by atoms with Gasteiger partial charge in [-0.15, -0.1) is 0 Å². The van der Waals surface area contributed by atoms with Crippen LogP contribution in [0.4, 0.5) is 0 Å². The topological polar surface area (TPSA) is 35.2 Å². The molecule has 0 aromatic heterocycles. The highest BCUT2D eigenvalue weighted by Gasteiger charge is 2.35. The number of hydrogen-bond donors (Lipinski definition) is 1. The third-order valence-electron chi connectivity index (χ3n) is 4.27. The first-order valence-electron chi connectivity index (χ1n) is 6.60. The highest BCUT2D eigenvalue weighted by atomic mass is 16.5. The van der Waals surface area contributed by atoms with Crippen LogP contribution in [0.2, 0.25) is 0 Å². The van der Waals surface area contributed by atoms with E-state index < -0.39 is 0 Å². The zero-order valence-electron chi connectivity index (χ0n) is 10.8. The Morgan fingerprint density at radius 3 is 2.59 bits per heavy atom. The van der Waals surface area contributed by atoms with Gasteiger partial charge in [0.25, 0.3) is 0 Å². The second-order valence-corrected chi connectivity index (χ2v) is 6.19. The minimum absolute atomic E-state index is 0.0347. The van der Waals surface area contributed by atoms with Crippen LogP contribution in [0.25, 0.3) is 0 Å². The molecule has 1 saturated carbocycles. The van der Waals surface area contributed by atoms with Gasteiger partial charge in [-0.25, -0.2) is 0 Å². The van der Waals surface area contributed by atoms with Crippen molar-refractivity contribution in [1.29, 1.82) is 0 Å².